The molecule has 0 radical (unpaired) electrons. The molecule has 4 heteroatoms. The number of rotatable bonds is 0. The number of hydrogen-bond acceptors (Lipinski definition) is 3. The van der Waals surface area contributed by atoms with Gasteiger partial charge in [0.1, 0.15) is 0 Å². The molecule has 1 aromatic heterocycles. The number of aromatic amines is 1. The second-order valence-electron chi connectivity index (χ2n) is 9.90. The van der Waals surface area contributed by atoms with Crippen LogP contribution in [0, 0.1) is 34.5 Å². The van der Waals surface area contributed by atoms with Crippen LogP contribution in [0.2, 0.25) is 0 Å². The first-order valence-corrected chi connectivity index (χ1v) is 9.93. The lowest BCUT2D eigenvalue weighted by Crippen LogP contribution is -2.59. The van der Waals surface area contributed by atoms with E-state index in [1.54, 1.807) is 0 Å². The molecule has 0 saturated heterocycles. The van der Waals surface area contributed by atoms with Crippen LogP contribution in [0.5, 0.6) is 0 Å². The molecular weight excluding hydrogens is 312 g/mol. The number of H-pyrrole nitrogens is 1. The third kappa shape index (κ3) is 1.93. The molecule has 0 aromatic carbocycles. The third-order valence-electron chi connectivity index (χ3n) is 9.06. The normalized spacial score (nSPS) is 56.6. The predicted octanol–water partition coefficient (Wildman–Crippen LogP) is 3.09. The third-order valence-corrected chi connectivity index (χ3v) is 9.06. The largest absolute Gasteiger partial charge is 0.393 e. The zero-order valence-corrected chi connectivity index (χ0v) is 15.3. The fraction of sp³-hybridized carbons (Fsp3) is 0.857. The second kappa shape index (κ2) is 4.89. The topological polar surface area (TPSA) is 69.1 Å². The molecular formula is C21H32N2O2. The van der Waals surface area contributed by atoms with Gasteiger partial charge in [-0.1, -0.05) is 13.8 Å². The molecule has 3 unspecified atom stereocenters. The van der Waals surface area contributed by atoms with Gasteiger partial charge >= 0.3 is 0 Å². The number of nitrogens with zero attached hydrogens (tertiary/aromatic N) is 1. The molecule has 25 heavy (non-hydrogen) atoms. The van der Waals surface area contributed by atoms with E-state index in [9.17, 15) is 10.2 Å². The Labute approximate surface area is 154 Å². The zero-order chi connectivity index (χ0) is 20.1. The molecule has 138 valence electrons. The maximum absolute atomic E-state index is 11.3. The quantitative estimate of drug-likeness (QED) is 0.675. The Balaban J connectivity index is 1.53. The van der Waals surface area contributed by atoms with Crippen LogP contribution in [-0.4, -0.2) is 32.1 Å². The van der Waals surface area contributed by atoms with Crippen LogP contribution in [0.4, 0.5) is 0 Å². The Morgan fingerprint density at radius 2 is 2.04 bits per heavy atom. The first kappa shape index (κ1) is 13.3. The summed E-state index contributed by atoms with van der Waals surface area (Å²) in [6.45, 7) is 1.98. The maximum Gasteiger partial charge on any atom is 0.0675 e. The fourth-order valence-corrected chi connectivity index (χ4v) is 7.54. The summed E-state index contributed by atoms with van der Waals surface area (Å²) in [5, 5.41) is 29.8. The lowest BCUT2D eigenvalue weighted by Gasteiger charge is -2.61. The predicted molar refractivity (Wildman–Crippen MR) is 95.9 cm³/mol. The van der Waals surface area contributed by atoms with Gasteiger partial charge in [-0.3, -0.25) is 5.10 Å². The summed E-state index contributed by atoms with van der Waals surface area (Å²) in [4.78, 5) is 0. The van der Waals surface area contributed by atoms with Crippen LogP contribution in [0.3, 0.4) is 0 Å². The van der Waals surface area contributed by atoms with Crippen molar-refractivity contribution in [1.29, 1.82) is 0 Å². The van der Waals surface area contributed by atoms with Gasteiger partial charge in [0.25, 0.3) is 0 Å². The van der Waals surface area contributed by atoms with E-state index in [1.807, 2.05) is 13.1 Å². The van der Waals surface area contributed by atoms with E-state index in [1.165, 1.54) is 11.3 Å². The monoisotopic (exact) mass is 347 g/mol. The van der Waals surface area contributed by atoms with E-state index in [0.29, 0.717) is 12.3 Å². The highest BCUT2D eigenvalue weighted by Crippen LogP contribution is 2.67. The lowest BCUT2D eigenvalue weighted by molar-refractivity contribution is -0.167. The summed E-state index contributed by atoms with van der Waals surface area (Å²) in [7, 11) is 0. The van der Waals surface area contributed by atoms with E-state index in [0.717, 1.165) is 38.5 Å². The Bertz CT molecular complexity index is 795. The molecule has 3 saturated carbocycles. The molecule has 5 rings (SSSR count). The van der Waals surface area contributed by atoms with Crippen LogP contribution in [0.25, 0.3) is 0 Å². The Hall–Kier alpha value is -0.870. The van der Waals surface area contributed by atoms with Crippen LogP contribution in [-0.2, 0) is 12.8 Å². The van der Waals surface area contributed by atoms with Crippen molar-refractivity contribution in [3.63, 3.8) is 0 Å². The van der Waals surface area contributed by atoms with Gasteiger partial charge in [0.2, 0.25) is 0 Å². The summed E-state index contributed by atoms with van der Waals surface area (Å²) >= 11 is 0. The van der Waals surface area contributed by atoms with Gasteiger partial charge in [-0.25, -0.2) is 0 Å². The number of hydrogen-bond donors (Lipinski definition) is 3. The van der Waals surface area contributed by atoms with Gasteiger partial charge in [0, 0.05) is 9.81 Å². The van der Waals surface area contributed by atoms with Crippen molar-refractivity contribution >= 4 is 0 Å². The number of fused-ring (bicyclic) bond motifs is 6. The number of aromatic nitrogens is 2. The lowest BCUT2D eigenvalue weighted by atomic mass is 9.44. The summed E-state index contributed by atoms with van der Waals surface area (Å²) in [6, 6.07) is 0. The Kier molecular flexibility index (Phi) is 2.61. The molecule has 3 fully saturated rings. The minimum Gasteiger partial charge on any atom is -0.393 e. The molecule has 0 aliphatic heterocycles. The van der Waals surface area contributed by atoms with Gasteiger partial charge in [0.15, 0.2) is 0 Å². The van der Waals surface area contributed by atoms with Crippen LogP contribution in [0.1, 0.15) is 68.2 Å². The molecule has 8 atom stereocenters. The van der Waals surface area contributed by atoms with Crippen LogP contribution >= 0.6 is 0 Å². The minimum atomic E-state index is -2.36. The molecule has 1 heterocycles. The summed E-state index contributed by atoms with van der Waals surface area (Å²) in [5.41, 5.74) is 0.227. The van der Waals surface area contributed by atoms with E-state index in [-0.39, 0.29) is 29.3 Å². The van der Waals surface area contributed by atoms with Crippen molar-refractivity contribution in [1.82, 2.24) is 10.2 Å². The molecule has 0 amide bonds. The van der Waals surface area contributed by atoms with Crippen molar-refractivity contribution in [2.75, 3.05) is 0 Å². The zero-order valence-electron chi connectivity index (χ0n) is 18.3. The first-order chi connectivity index (χ1) is 13.0. The number of aliphatic hydroxyl groups excluding tert-OH is 1. The molecule has 1 aromatic rings. The highest BCUT2D eigenvalue weighted by atomic mass is 16.3. The average molecular weight is 348 g/mol. The Morgan fingerprint density at radius 3 is 2.84 bits per heavy atom. The van der Waals surface area contributed by atoms with Crippen LogP contribution in [0.15, 0.2) is 6.20 Å². The van der Waals surface area contributed by atoms with E-state index in [2.05, 4.69) is 17.1 Å². The highest BCUT2D eigenvalue weighted by molar-refractivity contribution is 5.27. The highest BCUT2D eigenvalue weighted by Gasteiger charge is 2.64. The van der Waals surface area contributed by atoms with Gasteiger partial charge in [-0.05, 0) is 91.9 Å². The van der Waals surface area contributed by atoms with Crippen molar-refractivity contribution in [3.05, 3.63) is 17.5 Å². The SMILES string of the molecule is [2H]C([2H])([2H])[C@]1(O)CCC2C3C[C@H](O)[C@H]4Cc5[nH]ncc5C[C@]4(C)C3CC[C@@]21C. The summed E-state index contributed by atoms with van der Waals surface area (Å²) in [5.74, 6) is 1.12. The molecule has 4 nitrogen and oxygen atoms in total. The second-order valence-corrected chi connectivity index (χ2v) is 9.90. The summed E-state index contributed by atoms with van der Waals surface area (Å²) in [6.07, 6.45) is 6.83. The summed E-state index contributed by atoms with van der Waals surface area (Å²) < 4.78 is 24.1. The van der Waals surface area contributed by atoms with E-state index in [4.69, 9.17) is 4.11 Å². The van der Waals surface area contributed by atoms with Gasteiger partial charge in [-0.15, -0.1) is 0 Å². The fourth-order valence-electron chi connectivity index (χ4n) is 7.54. The standard InChI is InChI=1S/C21H32N2O2/c1-19-10-12-11-22-23-17(12)9-16(19)18(24)8-13-14(19)4-6-20(2)15(13)5-7-21(20,3)25/h11,13-16,18,24-25H,4-10H2,1-3H3,(H,22,23)/t13?,14?,15?,16-,18+,19-,20+,21+/m1/s1/i3D3. The Morgan fingerprint density at radius 1 is 1.24 bits per heavy atom. The average Bonchev–Trinajstić information content (AvgIpc) is 3.15. The van der Waals surface area contributed by atoms with Crippen molar-refractivity contribution in [2.24, 2.45) is 34.5 Å². The molecule has 3 N–H and O–H groups in total. The van der Waals surface area contributed by atoms with Crippen molar-refractivity contribution in [3.8, 4) is 0 Å². The van der Waals surface area contributed by atoms with Crippen LogP contribution < -0.4 is 0 Å². The number of aliphatic hydroxyl groups is 2. The van der Waals surface area contributed by atoms with Crippen molar-refractivity contribution in [2.45, 2.75) is 77.4 Å². The maximum atomic E-state index is 11.3. The first-order valence-electron chi connectivity index (χ1n) is 11.4. The van der Waals surface area contributed by atoms with Gasteiger partial charge < -0.3 is 10.2 Å². The van der Waals surface area contributed by atoms with Crippen molar-refractivity contribution < 1.29 is 14.3 Å². The molecule has 0 bridgehead atoms. The van der Waals surface area contributed by atoms with E-state index >= 15 is 0 Å². The molecule has 4 aliphatic carbocycles. The molecule has 4 aliphatic rings. The number of nitrogens with one attached hydrogen (secondary N) is 1. The van der Waals surface area contributed by atoms with Gasteiger partial charge in [0.05, 0.1) is 17.9 Å². The smallest absolute Gasteiger partial charge is 0.0675 e. The minimum absolute atomic E-state index is 0.00122. The molecule has 0 spiro atoms. The van der Waals surface area contributed by atoms with E-state index < -0.39 is 17.9 Å². The van der Waals surface area contributed by atoms with Gasteiger partial charge in [-0.2, -0.15) is 5.10 Å².